The van der Waals surface area contributed by atoms with Crippen LogP contribution in [0.5, 0.6) is 0 Å². The van der Waals surface area contributed by atoms with Crippen LogP contribution in [0.2, 0.25) is 5.02 Å². The van der Waals surface area contributed by atoms with E-state index in [1.807, 2.05) is 37.3 Å². The standard InChI is InChI=1S/C25H20ClN3O2/c1-16-8-10-18(11-9-16)22-23(30)17(2)28-29(21-14-12-20(26)13-15-21)24(22)27-25(31)19-6-4-3-5-7-19/h3-15H,1-2H3,(H,27,31). The summed E-state index contributed by atoms with van der Waals surface area (Å²) < 4.78 is 1.57. The van der Waals surface area contributed by atoms with Gasteiger partial charge in [-0.3, -0.25) is 9.59 Å². The van der Waals surface area contributed by atoms with Crippen LogP contribution in [0.3, 0.4) is 0 Å². The van der Waals surface area contributed by atoms with E-state index < -0.39 is 0 Å². The molecule has 1 N–H and O–H groups in total. The second kappa shape index (κ2) is 8.58. The van der Waals surface area contributed by atoms with Crippen molar-refractivity contribution in [1.29, 1.82) is 0 Å². The molecular weight excluding hydrogens is 410 g/mol. The van der Waals surface area contributed by atoms with Crippen molar-refractivity contribution in [2.24, 2.45) is 0 Å². The highest BCUT2D eigenvalue weighted by molar-refractivity contribution is 6.30. The molecule has 31 heavy (non-hydrogen) atoms. The predicted octanol–water partition coefficient (Wildman–Crippen LogP) is 5.42. The van der Waals surface area contributed by atoms with Crippen LogP contribution in [0, 0.1) is 13.8 Å². The first kappa shape index (κ1) is 20.6. The zero-order valence-corrected chi connectivity index (χ0v) is 17.9. The monoisotopic (exact) mass is 429 g/mol. The molecular formula is C25H20ClN3O2. The zero-order chi connectivity index (χ0) is 22.0. The molecule has 0 aliphatic carbocycles. The van der Waals surface area contributed by atoms with Gasteiger partial charge in [0.15, 0.2) is 0 Å². The third-order valence-corrected chi connectivity index (χ3v) is 5.19. The molecule has 4 aromatic rings. The third-order valence-electron chi connectivity index (χ3n) is 4.93. The average Bonchev–Trinajstić information content (AvgIpc) is 2.78. The summed E-state index contributed by atoms with van der Waals surface area (Å²) >= 11 is 6.05. The van der Waals surface area contributed by atoms with E-state index in [1.165, 1.54) is 0 Å². The molecule has 0 aliphatic heterocycles. The van der Waals surface area contributed by atoms with Gasteiger partial charge in [-0.05, 0) is 55.8 Å². The molecule has 0 fully saturated rings. The van der Waals surface area contributed by atoms with Crippen molar-refractivity contribution in [1.82, 2.24) is 9.78 Å². The molecule has 1 heterocycles. The highest BCUT2D eigenvalue weighted by Crippen LogP contribution is 2.28. The summed E-state index contributed by atoms with van der Waals surface area (Å²) in [5, 5.41) is 7.97. The number of aromatic nitrogens is 2. The molecule has 4 rings (SSSR count). The SMILES string of the molecule is Cc1ccc(-c2c(NC(=O)c3ccccc3)n(-c3ccc(Cl)cc3)nc(C)c2=O)cc1. The lowest BCUT2D eigenvalue weighted by Crippen LogP contribution is -2.24. The summed E-state index contributed by atoms with van der Waals surface area (Å²) in [6, 6.07) is 23.5. The molecule has 0 saturated carbocycles. The average molecular weight is 430 g/mol. The summed E-state index contributed by atoms with van der Waals surface area (Å²) in [5.41, 5.74) is 3.39. The maximum absolute atomic E-state index is 13.2. The molecule has 154 valence electrons. The maximum atomic E-state index is 13.2. The van der Waals surface area contributed by atoms with Gasteiger partial charge in [0, 0.05) is 10.6 Å². The van der Waals surface area contributed by atoms with Crippen LogP contribution in [0.25, 0.3) is 16.8 Å². The van der Waals surface area contributed by atoms with Gasteiger partial charge in [-0.25, -0.2) is 4.68 Å². The van der Waals surface area contributed by atoms with Crippen LogP contribution in [0.4, 0.5) is 5.82 Å². The van der Waals surface area contributed by atoms with Gasteiger partial charge in [0.25, 0.3) is 5.91 Å². The fourth-order valence-electron chi connectivity index (χ4n) is 3.28. The van der Waals surface area contributed by atoms with E-state index in [0.717, 1.165) is 5.56 Å². The Morgan fingerprint density at radius 1 is 0.903 bits per heavy atom. The van der Waals surface area contributed by atoms with Crippen LogP contribution in [-0.4, -0.2) is 15.7 Å². The number of nitrogens with one attached hydrogen (secondary N) is 1. The first-order valence-electron chi connectivity index (χ1n) is 9.77. The lowest BCUT2D eigenvalue weighted by molar-refractivity contribution is 0.102. The van der Waals surface area contributed by atoms with Gasteiger partial charge < -0.3 is 5.32 Å². The lowest BCUT2D eigenvalue weighted by atomic mass is 10.0. The Bertz CT molecular complexity index is 1300. The molecule has 0 bridgehead atoms. The Kier molecular flexibility index (Phi) is 5.69. The van der Waals surface area contributed by atoms with Crippen molar-refractivity contribution in [3.8, 4) is 16.8 Å². The second-order valence-electron chi connectivity index (χ2n) is 7.21. The minimum atomic E-state index is -0.332. The number of hydrogen-bond donors (Lipinski definition) is 1. The highest BCUT2D eigenvalue weighted by atomic mass is 35.5. The van der Waals surface area contributed by atoms with E-state index >= 15 is 0 Å². The minimum Gasteiger partial charge on any atom is -0.306 e. The summed E-state index contributed by atoms with van der Waals surface area (Å²) in [6.07, 6.45) is 0. The normalized spacial score (nSPS) is 10.7. The molecule has 3 aromatic carbocycles. The van der Waals surface area contributed by atoms with Gasteiger partial charge in [-0.1, -0.05) is 59.6 Å². The van der Waals surface area contributed by atoms with Crippen molar-refractivity contribution < 1.29 is 4.79 Å². The second-order valence-corrected chi connectivity index (χ2v) is 7.65. The Labute approximate surface area is 184 Å². The highest BCUT2D eigenvalue weighted by Gasteiger charge is 2.20. The van der Waals surface area contributed by atoms with E-state index in [4.69, 9.17) is 11.6 Å². The zero-order valence-electron chi connectivity index (χ0n) is 17.1. The summed E-state index contributed by atoms with van der Waals surface area (Å²) in [7, 11) is 0. The predicted molar refractivity (Wildman–Crippen MR) is 124 cm³/mol. The molecule has 1 aromatic heterocycles. The third kappa shape index (κ3) is 4.27. The van der Waals surface area contributed by atoms with Crippen molar-refractivity contribution in [2.45, 2.75) is 13.8 Å². The van der Waals surface area contributed by atoms with Gasteiger partial charge in [-0.15, -0.1) is 0 Å². The van der Waals surface area contributed by atoms with Crippen molar-refractivity contribution >= 4 is 23.3 Å². The lowest BCUT2D eigenvalue weighted by Gasteiger charge is -2.18. The van der Waals surface area contributed by atoms with E-state index in [9.17, 15) is 9.59 Å². The van der Waals surface area contributed by atoms with Gasteiger partial charge in [-0.2, -0.15) is 5.10 Å². The number of carbonyl (C=O) groups excluding carboxylic acids is 1. The largest absolute Gasteiger partial charge is 0.306 e. The number of carbonyl (C=O) groups is 1. The number of benzene rings is 3. The Hall–Kier alpha value is -3.70. The molecule has 0 saturated heterocycles. The van der Waals surface area contributed by atoms with E-state index in [-0.39, 0.29) is 11.3 Å². The van der Waals surface area contributed by atoms with Crippen LogP contribution >= 0.6 is 11.6 Å². The Morgan fingerprint density at radius 2 is 1.55 bits per heavy atom. The fourth-order valence-corrected chi connectivity index (χ4v) is 3.41. The number of halogens is 1. The number of nitrogens with zero attached hydrogens (tertiary/aromatic N) is 2. The van der Waals surface area contributed by atoms with Crippen molar-refractivity contribution in [3.63, 3.8) is 0 Å². The number of hydrogen-bond acceptors (Lipinski definition) is 3. The smallest absolute Gasteiger partial charge is 0.256 e. The summed E-state index contributed by atoms with van der Waals surface area (Å²) in [6.45, 7) is 3.64. The van der Waals surface area contributed by atoms with Crippen molar-refractivity contribution in [3.05, 3.63) is 111 Å². The van der Waals surface area contributed by atoms with Crippen LogP contribution < -0.4 is 10.7 Å². The number of aryl methyl sites for hydroxylation is 2. The van der Waals surface area contributed by atoms with Gasteiger partial charge in [0.2, 0.25) is 5.43 Å². The number of rotatable bonds is 4. The molecule has 0 aliphatic rings. The Balaban J connectivity index is 1.96. The van der Waals surface area contributed by atoms with E-state index in [0.29, 0.717) is 38.9 Å². The van der Waals surface area contributed by atoms with E-state index in [1.54, 1.807) is 60.1 Å². The topological polar surface area (TPSA) is 64.0 Å². The van der Waals surface area contributed by atoms with Gasteiger partial charge >= 0.3 is 0 Å². The summed E-state index contributed by atoms with van der Waals surface area (Å²) in [5.74, 6) is -0.0302. The summed E-state index contributed by atoms with van der Waals surface area (Å²) in [4.78, 5) is 26.2. The Morgan fingerprint density at radius 3 is 2.19 bits per heavy atom. The molecule has 0 atom stereocenters. The number of anilines is 1. The maximum Gasteiger partial charge on any atom is 0.256 e. The quantitative estimate of drug-likeness (QED) is 0.471. The van der Waals surface area contributed by atoms with Gasteiger partial charge in [0.05, 0.1) is 11.3 Å². The van der Waals surface area contributed by atoms with Crippen LogP contribution in [-0.2, 0) is 0 Å². The first-order valence-corrected chi connectivity index (χ1v) is 10.1. The molecule has 0 radical (unpaired) electrons. The number of amides is 1. The molecule has 0 unspecified atom stereocenters. The molecule has 6 heteroatoms. The minimum absolute atomic E-state index is 0.238. The van der Waals surface area contributed by atoms with Crippen LogP contribution in [0.15, 0.2) is 83.7 Å². The molecule has 1 amide bonds. The van der Waals surface area contributed by atoms with E-state index in [2.05, 4.69) is 10.4 Å². The fraction of sp³-hybridized carbons (Fsp3) is 0.0800. The molecule has 0 spiro atoms. The van der Waals surface area contributed by atoms with Crippen LogP contribution in [0.1, 0.15) is 21.6 Å². The first-order chi connectivity index (χ1) is 14.9. The molecule has 5 nitrogen and oxygen atoms in total. The van der Waals surface area contributed by atoms with Crippen molar-refractivity contribution in [2.75, 3.05) is 5.32 Å². The van der Waals surface area contributed by atoms with Gasteiger partial charge in [0.1, 0.15) is 11.5 Å².